The molecule has 1 amide bonds. The first-order chi connectivity index (χ1) is 14.5. The van der Waals surface area contributed by atoms with Gasteiger partial charge in [0.05, 0.1) is 6.61 Å². The molecule has 0 spiro atoms. The molecule has 2 N–H and O–H groups in total. The zero-order valence-corrected chi connectivity index (χ0v) is 18.5. The van der Waals surface area contributed by atoms with Crippen LogP contribution in [-0.4, -0.2) is 54.7 Å². The van der Waals surface area contributed by atoms with Crippen LogP contribution in [0.15, 0.2) is 30.3 Å². The number of benzene rings is 1. The lowest BCUT2D eigenvalue weighted by Crippen LogP contribution is -2.38. The number of aliphatic hydroxyl groups is 1. The number of esters is 1. The number of aryl methyl sites for hydroxylation is 1. The lowest BCUT2D eigenvalue weighted by Gasteiger charge is -2.31. The molecule has 6 nitrogen and oxygen atoms in total. The number of aliphatic hydroxyl groups excluding tert-OH is 1. The van der Waals surface area contributed by atoms with Gasteiger partial charge < -0.3 is 20.1 Å². The summed E-state index contributed by atoms with van der Waals surface area (Å²) in [6, 6.07) is 9.70. The number of nitrogens with one attached hydrogen (secondary N) is 1. The molecule has 0 aliphatic carbocycles. The van der Waals surface area contributed by atoms with Crippen molar-refractivity contribution >= 4 is 28.2 Å². The van der Waals surface area contributed by atoms with Gasteiger partial charge in [-0.05, 0) is 44.7 Å². The number of amides is 1. The minimum atomic E-state index is -0.419. The molecule has 7 heteroatoms. The number of ether oxygens (including phenoxy) is 1. The number of hydrogen-bond donors (Lipinski definition) is 2. The van der Waals surface area contributed by atoms with E-state index >= 15 is 0 Å². The molecule has 1 aromatic carbocycles. The van der Waals surface area contributed by atoms with E-state index in [1.807, 2.05) is 37.3 Å². The van der Waals surface area contributed by atoms with Gasteiger partial charge in [0.15, 0.2) is 0 Å². The molecule has 1 saturated heterocycles. The Balaban J connectivity index is 1.75. The minimum Gasteiger partial charge on any atom is -0.462 e. The van der Waals surface area contributed by atoms with Gasteiger partial charge >= 0.3 is 5.97 Å². The molecule has 3 rings (SSSR count). The summed E-state index contributed by atoms with van der Waals surface area (Å²) < 4.78 is 5.29. The summed E-state index contributed by atoms with van der Waals surface area (Å²) in [5.74, 6) is -0.240. The van der Waals surface area contributed by atoms with Crippen LogP contribution in [0.25, 0.3) is 11.1 Å². The Labute approximate surface area is 181 Å². The fourth-order valence-electron chi connectivity index (χ4n) is 3.94. The van der Waals surface area contributed by atoms with E-state index in [1.54, 1.807) is 6.92 Å². The van der Waals surface area contributed by atoms with Crippen LogP contribution in [0.4, 0.5) is 5.00 Å². The van der Waals surface area contributed by atoms with Crippen molar-refractivity contribution < 1.29 is 19.4 Å². The van der Waals surface area contributed by atoms with Crippen molar-refractivity contribution in [2.75, 3.05) is 38.2 Å². The van der Waals surface area contributed by atoms with Gasteiger partial charge in [-0.3, -0.25) is 4.79 Å². The molecule has 162 valence electrons. The Bertz CT molecular complexity index is 866. The highest BCUT2D eigenvalue weighted by Crippen LogP contribution is 2.40. The summed E-state index contributed by atoms with van der Waals surface area (Å²) in [6.07, 6.45) is 2.43. The number of carbonyl (C=O) groups excluding carboxylic acids is 2. The van der Waals surface area contributed by atoms with E-state index in [2.05, 4.69) is 10.2 Å². The molecular formula is C23H30N2O4S. The third kappa shape index (κ3) is 5.47. The number of carbonyl (C=O) groups is 2. The summed E-state index contributed by atoms with van der Waals surface area (Å²) in [5, 5.41) is 12.9. The second kappa shape index (κ2) is 10.7. The maximum atomic E-state index is 12.7. The van der Waals surface area contributed by atoms with Crippen molar-refractivity contribution in [3.8, 4) is 11.1 Å². The maximum Gasteiger partial charge on any atom is 0.341 e. The zero-order valence-electron chi connectivity index (χ0n) is 17.6. The summed E-state index contributed by atoms with van der Waals surface area (Å²) in [6.45, 7) is 6.62. The quantitative estimate of drug-likeness (QED) is 0.621. The summed E-state index contributed by atoms with van der Waals surface area (Å²) in [7, 11) is 0. The number of nitrogens with zero attached hydrogens (tertiary/aromatic N) is 1. The fourth-order valence-corrected chi connectivity index (χ4v) is 5.02. The lowest BCUT2D eigenvalue weighted by atomic mass is 9.99. The van der Waals surface area contributed by atoms with Gasteiger partial charge in [-0.15, -0.1) is 11.3 Å². The van der Waals surface area contributed by atoms with Crippen LogP contribution in [0.5, 0.6) is 0 Å². The number of likely N-dealkylation sites (tertiary alicyclic amines) is 1. The highest BCUT2D eigenvalue weighted by atomic mass is 32.1. The number of anilines is 1. The first-order valence-corrected chi connectivity index (χ1v) is 11.3. The van der Waals surface area contributed by atoms with Crippen LogP contribution in [0.3, 0.4) is 0 Å². The van der Waals surface area contributed by atoms with Gasteiger partial charge in [0.2, 0.25) is 5.91 Å². The van der Waals surface area contributed by atoms with E-state index in [0.717, 1.165) is 41.9 Å². The van der Waals surface area contributed by atoms with Crippen LogP contribution in [-0.2, 0) is 9.53 Å². The molecule has 0 bridgehead atoms. The van der Waals surface area contributed by atoms with E-state index in [9.17, 15) is 14.7 Å². The van der Waals surface area contributed by atoms with Crippen molar-refractivity contribution in [3.63, 3.8) is 0 Å². The molecule has 1 atom stereocenters. The van der Waals surface area contributed by atoms with Gasteiger partial charge in [0, 0.05) is 36.6 Å². The molecule has 1 aliphatic heterocycles. The first kappa shape index (κ1) is 22.5. The number of hydrogen-bond acceptors (Lipinski definition) is 6. The number of rotatable bonds is 8. The standard InChI is InChI=1S/C23H30N2O4S/c1-3-29-23(28)21-20(18-9-5-4-6-10-18)16(2)30-22(21)24-19(27)11-13-25-12-7-8-17(14-25)15-26/h4-6,9-10,17,26H,3,7-8,11-15H2,1-2H3,(H,24,27). The van der Waals surface area contributed by atoms with Crippen molar-refractivity contribution in [2.24, 2.45) is 5.92 Å². The Morgan fingerprint density at radius 1 is 1.30 bits per heavy atom. The Morgan fingerprint density at radius 2 is 2.07 bits per heavy atom. The topological polar surface area (TPSA) is 78.9 Å². The van der Waals surface area contributed by atoms with Crippen molar-refractivity contribution in [1.29, 1.82) is 0 Å². The molecule has 1 unspecified atom stereocenters. The Morgan fingerprint density at radius 3 is 2.77 bits per heavy atom. The second-order valence-electron chi connectivity index (χ2n) is 7.61. The maximum absolute atomic E-state index is 12.7. The van der Waals surface area contributed by atoms with Crippen LogP contribution in [0.1, 0.15) is 41.4 Å². The highest BCUT2D eigenvalue weighted by molar-refractivity contribution is 7.17. The van der Waals surface area contributed by atoms with Crippen LogP contribution >= 0.6 is 11.3 Å². The Hall–Kier alpha value is -2.22. The third-order valence-corrected chi connectivity index (χ3v) is 6.42. The van der Waals surface area contributed by atoms with Crippen molar-refractivity contribution in [1.82, 2.24) is 4.90 Å². The normalized spacial score (nSPS) is 17.0. The van der Waals surface area contributed by atoms with Gasteiger partial charge in [-0.1, -0.05) is 30.3 Å². The van der Waals surface area contributed by atoms with Crippen molar-refractivity contribution in [3.05, 3.63) is 40.8 Å². The number of thiophene rings is 1. The molecular weight excluding hydrogens is 400 g/mol. The largest absolute Gasteiger partial charge is 0.462 e. The zero-order chi connectivity index (χ0) is 21.5. The van der Waals surface area contributed by atoms with E-state index < -0.39 is 5.97 Å². The van der Waals surface area contributed by atoms with Gasteiger partial charge in [-0.2, -0.15) is 0 Å². The van der Waals surface area contributed by atoms with Crippen molar-refractivity contribution in [2.45, 2.75) is 33.1 Å². The molecule has 1 fully saturated rings. The summed E-state index contributed by atoms with van der Waals surface area (Å²) in [4.78, 5) is 28.6. The average molecular weight is 431 g/mol. The molecule has 2 aromatic rings. The molecule has 1 aromatic heterocycles. The van der Waals surface area contributed by atoms with E-state index in [-0.39, 0.29) is 19.1 Å². The third-order valence-electron chi connectivity index (χ3n) is 5.40. The van der Waals surface area contributed by atoms with Crippen LogP contribution in [0.2, 0.25) is 0 Å². The Kier molecular flexibility index (Phi) is 8.01. The molecule has 1 aliphatic rings. The SMILES string of the molecule is CCOC(=O)c1c(NC(=O)CCN2CCCC(CO)C2)sc(C)c1-c1ccccc1. The highest BCUT2D eigenvalue weighted by Gasteiger charge is 2.26. The first-order valence-electron chi connectivity index (χ1n) is 10.5. The van der Waals surface area contributed by atoms with Gasteiger partial charge in [0.25, 0.3) is 0 Å². The smallest absolute Gasteiger partial charge is 0.341 e. The monoisotopic (exact) mass is 430 g/mol. The molecule has 0 saturated carbocycles. The second-order valence-corrected chi connectivity index (χ2v) is 8.84. The van der Waals surface area contributed by atoms with Gasteiger partial charge in [-0.25, -0.2) is 4.79 Å². The predicted octanol–water partition coefficient (Wildman–Crippen LogP) is 3.93. The van der Waals surface area contributed by atoms with Gasteiger partial charge in [0.1, 0.15) is 10.6 Å². The number of piperidine rings is 1. The van der Waals surface area contributed by atoms with Crippen LogP contribution in [0, 0.1) is 12.8 Å². The van der Waals surface area contributed by atoms with Crippen LogP contribution < -0.4 is 5.32 Å². The molecule has 0 radical (unpaired) electrons. The molecule has 2 heterocycles. The van der Waals surface area contributed by atoms with E-state index in [4.69, 9.17) is 4.74 Å². The molecule has 30 heavy (non-hydrogen) atoms. The summed E-state index contributed by atoms with van der Waals surface area (Å²) in [5.41, 5.74) is 2.17. The average Bonchev–Trinajstić information content (AvgIpc) is 3.08. The summed E-state index contributed by atoms with van der Waals surface area (Å²) >= 11 is 1.40. The lowest BCUT2D eigenvalue weighted by molar-refractivity contribution is -0.116. The minimum absolute atomic E-state index is 0.118. The van der Waals surface area contributed by atoms with E-state index in [0.29, 0.717) is 29.4 Å². The predicted molar refractivity (Wildman–Crippen MR) is 120 cm³/mol. The van der Waals surface area contributed by atoms with E-state index in [1.165, 1.54) is 11.3 Å². The fraction of sp³-hybridized carbons (Fsp3) is 0.478.